The molecular formula is C68H44N6. The summed E-state index contributed by atoms with van der Waals surface area (Å²) in [4.78, 5) is 20.4. The van der Waals surface area contributed by atoms with Crippen molar-refractivity contribution in [1.82, 2.24) is 29.1 Å². The molecule has 0 saturated heterocycles. The molecule has 0 radical (unpaired) electrons. The van der Waals surface area contributed by atoms with Crippen molar-refractivity contribution in [3.63, 3.8) is 0 Å². The molecule has 0 bridgehead atoms. The van der Waals surface area contributed by atoms with E-state index in [0.717, 1.165) is 84.4 Å². The van der Waals surface area contributed by atoms with Crippen molar-refractivity contribution in [3.05, 3.63) is 267 Å². The summed E-state index contributed by atoms with van der Waals surface area (Å²) in [6.45, 7) is 0. The molecule has 9 aromatic carbocycles. The van der Waals surface area contributed by atoms with Crippen LogP contribution >= 0.6 is 0 Å². The highest BCUT2D eigenvalue weighted by atomic mass is 15.0. The molecule has 74 heavy (non-hydrogen) atoms. The van der Waals surface area contributed by atoms with E-state index in [4.69, 9.17) is 19.9 Å². The Morgan fingerprint density at radius 2 is 0.649 bits per heavy atom. The minimum atomic E-state index is 0.624. The maximum Gasteiger partial charge on any atom is 0.160 e. The third-order valence-corrected chi connectivity index (χ3v) is 14.2. The van der Waals surface area contributed by atoms with Crippen LogP contribution in [0, 0.1) is 0 Å². The Bertz CT molecular complexity index is 4010. The second kappa shape index (κ2) is 18.0. The van der Waals surface area contributed by atoms with Gasteiger partial charge in [-0.05, 0) is 113 Å². The zero-order valence-electron chi connectivity index (χ0n) is 40.1. The SMILES string of the molecule is c1ccc(-c2cc(-c3ccc(-n4c5ccccc5c5ccccc54)cc3)cc(-c3cccc(-c4cccc(-c5nc(-c6ccc(-n7c8ccccc8c8ccccc87)cc6)cc(-c6ccccn6)n5)c4)c3)n2)cc1. The summed E-state index contributed by atoms with van der Waals surface area (Å²) in [6, 6.07) is 92.0. The van der Waals surface area contributed by atoms with E-state index in [1.165, 1.54) is 43.6 Å². The molecule has 0 aliphatic heterocycles. The summed E-state index contributed by atoms with van der Waals surface area (Å²) >= 11 is 0. The van der Waals surface area contributed by atoms with E-state index in [2.05, 4.69) is 240 Å². The first kappa shape index (κ1) is 42.8. The number of hydrogen-bond acceptors (Lipinski definition) is 4. The molecule has 0 aliphatic carbocycles. The van der Waals surface area contributed by atoms with E-state index < -0.39 is 0 Å². The van der Waals surface area contributed by atoms with Crippen LogP contribution < -0.4 is 0 Å². The van der Waals surface area contributed by atoms with Crippen LogP contribution in [0.4, 0.5) is 0 Å². The zero-order chi connectivity index (χ0) is 49.0. The fourth-order valence-corrected chi connectivity index (χ4v) is 10.7. The van der Waals surface area contributed by atoms with Crippen molar-refractivity contribution >= 4 is 43.6 Å². The molecule has 0 fully saturated rings. The second-order valence-corrected chi connectivity index (χ2v) is 18.7. The number of para-hydroxylation sites is 4. The number of nitrogens with zero attached hydrogens (tertiary/aromatic N) is 6. The minimum Gasteiger partial charge on any atom is -0.309 e. The number of fused-ring (bicyclic) bond motifs is 6. The molecule has 0 aliphatic rings. The molecule has 0 spiro atoms. The molecule has 14 aromatic rings. The van der Waals surface area contributed by atoms with E-state index >= 15 is 0 Å². The Morgan fingerprint density at radius 3 is 1.20 bits per heavy atom. The Balaban J connectivity index is 0.821. The van der Waals surface area contributed by atoms with Gasteiger partial charge < -0.3 is 9.13 Å². The Morgan fingerprint density at radius 1 is 0.230 bits per heavy atom. The number of hydrogen-bond donors (Lipinski definition) is 0. The molecule has 0 atom stereocenters. The Kier molecular flexibility index (Phi) is 10.4. The maximum absolute atomic E-state index is 5.32. The summed E-state index contributed by atoms with van der Waals surface area (Å²) in [6.07, 6.45) is 1.81. The molecule has 0 saturated carbocycles. The Hall–Kier alpha value is -10.0. The molecule has 0 unspecified atom stereocenters. The van der Waals surface area contributed by atoms with Crippen molar-refractivity contribution in [2.75, 3.05) is 0 Å². The summed E-state index contributed by atoms with van der Waals surface area (Å²) in [5.41, 5.74) is 19.4. The molecule has 6 nitrogen and oxygen atoms in total. The van der Waals surface area contributed by atoms with Gasteiger partial charge in [-0.15, -0.1) is 0 Å². The highest BCUT2D eigenvalue weighted by Gasteiger charge is 2.17. The molecule has 346 valence electrons. The summed E-state index contributed by atoms with van der Waals surface area (Å²) in [5.74, 6) is 0.624. The third kappa shape index (κ3) is 7.61. The minimum absolute atomic E-state index is 0.624. The van der Waals surface area contributed by atoms with Gasteiger partial charge in [-0.1, -0.05) is 170 Å². The smallest absolute Gasteiger partial charge is 0.160 e. The largest absolute Gasteiger partial charge is 0.309 e. The topological polar surface area (TPSA) is 61.4 Å². The van der Waals surface area contributed by atoms with Crippen molar-refractivity contribution in [2.45, 2.75) is 0 Å². The lowest BCUT2D eigenvalue weighted by Gasteiger charge is -2.13. The first-order chi connectivity index (χ1) is 36.7. The van der Waals surface area contributed by atoms with Gasteiger partial charge in [0, 0.05) is 61.4 Å². The summed E-state index contributed by atoms with van der Waals surface area (Å²) in [5, 5.41) is 4.97. The number of benzene rings is 9. The molecule has 0 N–H and O–H groups in total. The third-order valence-electron chi connectivity index (χ3n) is 14.2. The van der Waals surface area contributed by atoms with Gasteiger partial charge in [-0.2, -0.15) is 0 Å². The van der Waals surface area contributed by atoms with Crippen LogP contribution in [0.25, 0.3) is 134 Å². The second-order valence-electron chi connectivity index (χ2n) is 18.7. The Labute approximate surface area is 427 Å². The number of rotatable bonds is 9. The van der Waals surface area contributed by atoms with Crippen molar-refractivity contribution in [1.29, 1.82) is 0 Å². The fourth-order valence-electron chi connectivity index (χ4n) is 10.7. The van der Waals surface area contributed by atoms with E-state index in [9.17, 15) is 0 Å². The summed E-state index contributed by atoms with van der Waals surface area (Å²) < 4.78 is 4.69. The lowest BCUT2D eigenvalue weighted by atomic mass is 9.97. The highest BCUT2D eigenvalue weighted by molar-refractivity contribution is 6.10. The van der Waals surface area contributed by atoms with Gasteiger partial charge in [0.05, 0.1) is 50.5 Å². The van der Waals surface area contributed by atoms with Crippen LogP contribution in [-0.4, -0.2) is 29.1 Å². The van der Waals surface area contributed by atoms with Gasteiger partial charge in [0.25, 0.3) is 0 Å². The van der Waals surface area contributed by atoms with Gasteiger partial charge in [0.2, 0.25) is 0 Å². The van der Waals surface area contributed by atoms with Gasteiger partial charge in [0.15, 0.2) is 5.82 Å². The summed E-state index contributed by atoms with van der Waals surface area (Å²) in [7, 11) is 0. The standard InChI is InChI=1S/C68H44N6/c1-2-16-46(17-3-1)60-42-52(45-31-35-53(36-32-45)73-64-27-8-4-22-55(64)56-23-5-9-28-65(56)73)43-61(70-60)50-20-14-18-48(40-50)49-19-15-21-51(41-49)68-71-62(44-63(72-68)59-26-12-13-39-69-59)47-33-37-54(38-34-47)74-66-29-10-6-24-57(66)58-25-7-11-30-67(58)74/h1-44H. The van der Waals surface area contributed by atoms with Crippen molar-refractivity contribution in [2.24, 2.45) is 0 Å². The fraction of sp³-hybridized carbons (Fsp3) is 0. The molecular weight excluding hydrogens is 901 g/mol. The van der Waals surface area contributed by atoms with Crippen LogP contribution in [0.3, 0.4) is 0 Å². The van der Waals surface area contributed by atoms with E-state index in [1.54, 1.807) is 0 Å². The van der Waals surface area contributed by atoms with E-state index in [0.29, 0.717) is 5.82 Å². The molecule has 6 heteroatoms. The quantitative estimate of drug-likeness (QED) is 0.145. The number of aromatic nitrogens is 6. The average molecular weight is 945 g/mol. The van der Waals surface area contributed by atoms with E-state index in [-0.39, 0.29) is 0 Å². The van der Waals surface area contributed by atoms with Crippen LogP contribution in [0.15, 0.2) is 267 Å². The van der Waals surface area contributed by atoms with Gasteiger partial charge in [0.1, 0.15) is 0 Å². The predicted octanol–water partition coefficient (Wildman–Crippen LogP) is 17.1. The van der Waals surface area contributed by atoms with Crippen molar-refractivity contribution in [3.8, 4) is 90.2 Å². The highest BCUT2D eigenvalue weighted by Crippen LogP contribution is 2.38. The molecule has 0 amide bonds. The molecule has 5 heterocycles. The predicted molar refractivity (Wildman–Crippen MR) is 304 cm³/mol. The van der Waals surface area contributed by atoms with Gasteiger partial charge in [-0.3, -0.25) is 4.98 Å². The first-order valence-electron chi connectivity index (χ1n) is 24.9. The lowest BCUT2D eigenvalue weighted by Crippen LogP contribution is -1.98. The van der Waals surface area contributed by atoms with Crippen LogP contribution in [0.5, 0.6) is 0 Å². The lowest BCUT2D eigenvalue weighted by molar-refractivity contribution is 1.16. The first-order valence-corrected chi connectivity index (χ1v) is 24.9. The zero-order valence-corrected chi connectivity index (χ0v) is 40.1. The normalized spacial score (nSPS) is 11.5. The van der Waals surface area contributed by atoms with Crippen LogP contribution in [-0.2, 0) is 0 Å². The van der Waals surface area contributed by atoms with Crippen LogP contribution in [0.2, 0.25) is 0 Å². The van der Waals surface area contributed by atoms with Gasteiger partial charge >= 0.3 is 0 Å². The molecule has 5 aromatic heterocycles. The average Bonchev–Trinajstić information content (AvgIpc) is 4.01. The molecule has 14 rings (SSSR count). The van der Waals surface area contributed by atoms with Gasteiger partial charge in [-0.25, -0.2) is 15.0 Å². The maximum atomic E-state index is 5.32. The van der Waals surface area contributed by atoms with Crippen LogP contribution in [0.1, 0.15) is 0 Å². The van der Waals surface area contributed by atoms with Crippen molar-refractivity contribution < 1.29 is 0 Å². The van der Waals surface area contributed by atoms with E-state index in [1.807, 2.05) is 36.5 Å². The number of pyridine rings is 2. The monoisotopic (exact) mass is 944 g/mol.